The second-order valence-electron chi connectivity index (χ2n) is 7.73. The lowest BCUT2D eigenvalue weighted by molar-refractivity contribution is 0.621. The van der Waals surface area contributed by atoms with Crippen LogP contribution < -0.4 is 11.5 Å². The van der Waals surface area contributed by atoms with Gasteiger partial charge in [0.1, 0.15) is 29.0 Å². The normalized spacial score (nSPS) is 10.5. The Morgan fingerprint density at radius 3 is 1.76 bits per heavy atom. The van der Waals surface area contributed by atoms with E-state index in [9.17, 15) is 8.78 Å². The Morgan fingerprint density at radius 2 is 1.29 bits per heavy atom. The molecule has 0 aliphatic heterocycles. The minimum Gasteiger partial charge on any atom is -0.382 e. The van der Waals surface area contributed by atoms with E-state index < -0.39 is 11.6 Å². The maximum atomic E-state index is 13.1. The van der Waals surface area contributed by atoms with Crippen LogP contribution in [0.15, 0.2) is 55.9 Å². The predicted octanol–water partition coefficient (Wildman–Crippen LogP) is 4.68. The van der Waals surface area contributed by atoms with Crippen molar-refractivity contribution < 1.29 is 8.78 Å². The molecule has 0 amide bonds. The van der Waals surface area contributed by atoms with Gasteiger partial charge in [-0.25, -0.2) is 28.7 Å². The van der Waals surface area contributed by atoms with E-state index in [0.29, 0.717) is 51.1 Å². The number of nitrogen functional groups attached to an aromatic ring is 2. The summed E-state index contributed by atoms with van der Waals surface area (Å²) in [5.74, 6) is 0.0768. The van der Waals surface area contributed by atoms with Gasteiger partial charge in [-0.2, -0.15) is 0 Å². The second-order valence-corrected chi connectivity index (χ2v) is 7.73. The maximum absolute atomic E-state index is 13.1. The summed E-state index contributed by atoms with van der Waals surface area (Å²) >= 11 is 0. The molecule has 0 bridgehead atoms. The lowest BCUT2D eigenvalue weighted by atomic mass is 10.1. The molecule has 0 saturated carbocycles. The molecule has 4 rings (SSSR count). The van der Waals surface area contributed by atoms with Crippen LogP contribution >= 0.6 is 0 Å². The Morgan fingerprint density at radius 1 is 0.794 bits per heavy atom. The minimum absolute atomic E-state index is 0.170. The zero-order valence-electron chi connectivity index (χ0n) is 19.0. The van der Waals surface area contributed by atoms with Crippen molar-refractivity contribution in [2.24, 2.45) is 0 Å². The average Bonchev–Trinajstić information content (AvgIpc) is 2.80. The number of aromatic nitrogens is 6. The molecule has 0 unspecified atom stereocenters. The largest absolute Gasteiger partial charge is 0.382 e. The Kier molecular flexibility index (Phi) is 7.52. The van der Waals surface area contributed by atoms with Gasteiger partial charge in [0, 0.05) is 23.5 Å². The molecule has 0 aliphatic carbocycles. The van der Waals surface area contributed by atoms with E-state index in [4.69, 9.17) is 11.5 Å². The number of anilines is 2. The van der Waals surface area contributed by atoms with E-state index in [1.165, 1.54) is 30.7 Å². The molecule has 10 heteroatoms. The number of halogens is 2. The van der Waals surface area contributed by atoms with Crippen molar-refractivity contribution in [1.82, 2.24) is 29.9 Å². The van der Waals surface area contributed by atoms with Crippen molar-refractivity contribution in [3.63, 3.8) is 0 Å². The smallest absolute Gasteiger partial charge is 0.149 e. The van der Waals surface area contributed by atoms with E-state index in [-0.39, 0.29) is 5.92 Å². The summed E-state index contributed by atoms with van der Waals surface area (Å²) in [5.41, 5.74) is 15.6. The van der Waals surface area contributed by atoms with Gasteiger partial charge in [0.2, 0.25) is 0 Å². The van der Waals surface area contributed by atoms with Crippen LogP contribution in [-0.4, -0.2) is 29.9 Å². The number of hydrogen-bond donors (Lipinski definition) is 2. The third-order valence-electron chi connectivity index (χ3n) is 4.58. The molecule has 174 valence electrons. The minimum atomic E-state index is -0.419. The van der Waals surface area contributed by atoms with E-state index in [1.54, 1.807) is 13.1 Å². The van der Waals surface area contributed by atoms with Crippen LogP contribution in [0.4, 0.5) is 20.4 Å². The first-order valence-electron chi connectivity index (χ1n) is 10.3. The van der Waals surface area contributed by atoms with Crippen LogP contribution in [0.2, 0.25) is 0 Å². The van der Waals surface area contributed by atoms with Gasteiger partial charge < -0.3 is 11.5 Å². The zero-order chi connectivity index (χ0) is 24.8. The van der Waals surface area contributed by atoms with Gasteiger partial charge in [0.15, 0.2) is 0 Å². The zero-order valence-corrected chi connectivity index (χ0v) is 19.0. The molecule has 0 aromatic carbocycles. The highest BCUT2D eigenvalue weighted by atomic mass is 19.1. The summed E-state index contributed by atoms with van der Waals surface area (Å²) in [6.45, 7) is 9.51. The van der Waals surface area contributed by atoms with E-state index in [0.717, 1.165) is 12.4 Å². The summed E-state index contributed by atoms with van der Waals surface area (Å²) in [5, 5.41) is 0. The van der Waals surface area contributed by atoms with Crippen LogP contribution in [-0.2, 0) is 0 Å². The Labute approximate surface area is 195 Å². The van der Waals surface area contributed by atoms with Crippen molar-refractivity contribution in [3.8, 4) is 22.5 Å². The Hall–Kier alpha value is -4.34. The highest BCUT2D eigenvalue weighted by Gasteiger charge is 2.11. The molecule has 4 N–H and O–H groups in total. The number of nitrogens with two attached hydrogens (primary N) is 2. The van der Waals surface area contributed by atoms with Crippen LogP contribution in [0.5, 0.6) is 0 Å². The second kappa shape index (κ2) is 10.5. The molecule has 0 atom stereocenters. The topological polar surface area (TPSA) is 129 Å². The van der Waals surface area contributed by atoms with Gasteiger partial charge in [-0.3, -0.25) is 9.97 Å². The van der Waals surface area contributed by atoms with Gasteiger partial charge in [-0.05, 0) is 30.5 Å². The fourth-order valence-corrected chi connectivity index (χ4v) is 2.93. The third kappa shape index (κ3) is 5.91. The van der Waals surface area contributed by atoms with Crippen molar-refractivity contribution >= 4 is 17.2 Å². The number of allylic oxidation sites excluding steroid dienone is 1. The average molecular weight is 463 g/mol. The first-order chi connectivity index (χ1) is 16.2. The summed E-state index contributed by atoms with van der Waals surface area (Å²) in [4.78, 5) is 24.3. The molecule has 4 aromatic heterocycles. The SMILES string of the molecule is C=C(C)c1nc(-c2cncc(F)c2)cnc1N.CC(C)c1nc(-c2cncc(F)c2)cnc1N. The first-order valence-corrected chi connectivity index (χ1v) is 10.3. The van der Waals surface area contributed by atoms with Gasteiger partial charge in [-0.1, -0.05) is 20.4 Å². The Balaban J connectivity index is 0.000000191. The van der Waals surface area contributed by atoms with Crippen LogP contribution in [0.25, 0.3) is 28.1 Å². The standard InChI is InChI=1S/C12H13FN4.C12H11FN4/c2*1-7(2)11-12(14)16-6-10(17-11)8-3-9(13)5-15-4-8/h3-7H,1-2H3,(H2,14,16);3-6H,1H2,2H3,(H2,14,16). The fraction of sp³-hybridized carbons (Fsp3) is 0.167. The monoisotopic (exact) mass is 462 g/mol. The number of pyridine rings is 2. The molecule has 4 heterocycles. The van der Waals surface area contributed by atoms with Crippen molar-refractivity contribution in [1.29, 1.82) is 0 Å². The molecular weight excluding hydrogens is 438 g/mol. The van der Waals surface area contributed by atoms with Crippen molar-refractivity contribution in [3.05, 3.63) is 78.9 Å². The van der Waals surface area contributed by atoms with Gasteiger partial charge in [0.25, 0.3) is 0 Å². The fourth-order valence-electron chi connectivity index (χ4n) is 2.93. The summed E-state index contributed by atoms with van der Waals surface area (Å²) < 4.78 is 26.1. The predicted molar refractivity (Wildman–Crippen MR) is 128 cm³/mol. The van der Waals surface area contributed by atoms with Gasteiger partial charge >= 0.3 is 0 Å². The molecule has 0 radical (unpaired) electrons. The van der Waals surface area contributed by atoms with Crippen LogP contribution in [0.3, 0.4) is 0 Å². The third-order valence-corrected chi connectivity index (χ3v) is 4.58. The van der Waals surface area contributed by atoms with Crippen LogP contribution in [0, 0.1) is 11.6 Å². The molecule has 0 aliphatic rings. The van der Waals surface area contributed by atoms with Crippen molar-refractivity contribution in [2.75, 3.05) is 11.5 Å². The lowest BCUT2D eigenvalue weighted by Crippen LogP contribution is -2.04. The summed E-state index contributed by atoms with van der Waals surface area (Å²) in [6, 6.07) is 2.71. The Bertz CT molecular complexity index is 1320. The number of hydrogen-bond acceptors (Lipinski definition) is 8. The highest BCUT2D eigenvalue weighted by molar-refractivity contribution is 5.69. The number of rotatable bonds is 4. The maximum Gasteiger partial charge on any atom is 0.149 e. The van der Waals surface area contributed by atoms with E-state index in [1.807, 2.05) is 13.8 Å². The summed E-state index contributed by atoms with van der Waals surface area (Å²) in [7, 11) is 0. The quantitative estimate of drug-likeness (QED) is 0.447. The van der Waals surface area contributed by atoms with Gasteiger partial charge in [0.05, 0.1) is 41.9 Å². The molecule has 8 nitrogen and oxygen atoms in total. The highest BCUT2D eigenvalue weighted by Crippen LogP contribution is 2.23. The first kappa shape index (κ1) is 24.3. The summed E-state index contributed by atoms with van der Waals surface area (Å²) in [6.07, 6.45) is 8.36. The molecular formula is C24H24F2N8. The van der Waals surface area contributed by atoms with Crippen LogP contribution in [0.1, 0.15) is 38.1 Å². The van der Waals surface area contributed by atoms with E-state index in [2.05, 4.69) is 36.5 Å². The molecule has 34 heavy (non-hydrogen) atoms. The van der Waals surface area contributed by atoms with Gasteiger partial charge in [-0.15, -0.1) is 0 Å². The van der Waals surface area contributed by atoms with Crippen molar-refractivity contribution in [2.45, 2.75) is 26.7 Å². The molecule has 4 aromatic rings. The number of nitrogens with zero attached hydrogens (tertiary/aromatic N) is 6. The molecule has 0 fully saturated rings. The molecule has 0 spiro atoms. The molecule has 0 saturated heterocycles. The lowest BCUT2D eigenvalue weighted by Gasteiger charge is -2.09. The van der Waals surface area contributed by atoms with E-state index >= 15 is 0 Å².